The first-order valence-electron chi connectivity index (χ1n) is 6.01. The molecule has 0 unspecified atom stereocenters. The van der Waals surface area contributed by atoms with Crippen molar-refractivity contribution in [3.63, 3.8) is 0 Å². The highest BCUT2D eigenvalue weighted by atomic mass is 35.5. The first-order valence-corrected chi connectivity index (χ1v) is 7.87. The van der Waals surface area contributed by atoms with E-state index in [1.807, 2.05) is 25.1 Å². The molecule has 1 aromatic carbocycles. The zero-order valence-corrected chi connectivity index (χ0v) is 13.1. The second-order valence-electron chi connectivity index (χ2n) is 4.59. The van der Waals surface area contributed by atoms with Crippen LogP contribution < -0.4 is 15.4 Å². The van der Waals surface area contributed by atoms with E-state index in [9.17, 15) is 8.42 Å². The van der Waals surface area contributed by atoms with E-state index < -0.39 is 10.0 Å². The van der Waals surface area contributed by atoms with Gasteiger partial charge in [-0.15, -0.1) is 0 Å². The van der Waals surface area contributed by atoms with Crippen LogP contribution in [0.25, 0.3) is 0 Å². The van der Waals surface area contributed by atoms with Crippen molar-refractivity contribution in [1.82, 2.24) is 4.98 Å². The third kappa shape index (κ3) is 3.56. The van der Waals surface area contributed by atoms with E-state index in [4.69, 9.17) is 17.3 Å². The first kappa shape index (κ1) is 15.4. The monoisotopic (exact) mass is 326 g/mol. The normalized spacial score (nSPS) is 11.2. The number of nitrogens with zero attached hydrogens (tertiary/aromatic N) is 2. The van der Waals surface area contributed by atoms with E-state index in [1.165, 1.54) is 12.3 Å². The van der Waals surface area contributed by atoms with Gasteiger partial charge in [0, 0.05) is 26.0 Å². The second kappa shape index (κ2) is 5.79. The van der Waals surface area contributed by atoms with Crippen molar-refractivity contribution in [2.24, 2.45) is 0 Å². The lowest BCUT2D eigenvalue weighted by Crippen LogP contribution is -2.14. The van der Waals surface area contributed by atoms with Crippen molar-refractivity contribution in [3.05, 3.63) is 41.6 Å². The lowest BCUT2D eigenvalue weighted by Gasteiger charge is -2.14. The standard InChI is InChI=1S/C13H15ClN4O2S/c1-18(2)10-5-3-4-9(6-10)17-21(19,20)11-7-12(14)13(15)16-8-11/h3-8,17H,1-2H3,(H2,15,16). The van der Waals surface area contributed by atoms with Crippen molar-refractivity contribution < 1.29 is 8.42 Å². The summed E-state index contributed by atoms with van der Waals surface area (Å²) in [5.74, 6) is 0.0882. The molecule has 2 rings (SSSR count). The van der Waals surface area contributed by atoms with E-state index in [0.29, 0.717) is 5.69 Å². The number of sulfonamides is 1. The molecule has 112 valence electrons. The zero-order chi connectivity index (χ0) is 15.6. The fourth-order valence-corrected chi connectivity index (χ4v) is 2.89. The summed E-state index contributed by atoms with van der Waals surface area (Å²) >= 11 is 5.80. The van der Waals surface area contributed by atoms with Gasteiger partial charge in [-0.1, -0.05) is 17.7 Å². The summed E-state index contributed by atoms with van der Waals surface area (Å²) in [5.41, 5.74) is 6.81. The number of rotatable bonds is 4. The zero-order valence-electron chi connectivity index (χ0n) is 11.5. The maximum Gasteiger partial charge on any atom is 0.263 e. The third-order valence-electron chi connectivity index (χ3n) is 2.77. The largest absolute Gasteiger partial charge is 0.382 e. The number of pyridine rings is 1. The van der Waals surface area contributed by atoms with Gasteiger partial charge in [-0.05, 0) is 24.3 Å². The summed E-state index contributed by atoms with van der Waals surface area (Å²) in [7, 11) is -0.0215. The summed E-state index contributed by atoms with van der Waals surface area (Å²) in [5, 5.41) is 0.0971. The highest BCUT2D eigenvalue weighted by Gasteiger charge is 2.16. The van der Waals surface area contributed by atoms with Crippen molar-refractivity contribution in [2.45, 2.75) is 4.90 Å². The van der Waals surface area contributed by atoms with Crippen LogP contribution in [-0.4, -0.2) is 27.5 Å². The quantitative estimate of drug-likeness (QED) is 0.899. The molecule has 0 saturated carbocycles. The minimum Gasteiger partial charge on any atom is -0.382 e. The van der Waals surface area contributed by atoms with Crippen molar-refractivity contribution in [2.75, 3.05) is 29.5 Å². The first-order chi connectivity index (χ1) is 9.79. The van der Waals surface area contributed by atoms with Crippen molar-refractivity contribution in [1.29, 1.82) is 0 Å². The number of halogens is 1. The van der Waals surface area contributed by atoms with E-state index >= 15 is 0 Å². The highest BCUT2D eigenvalue weighted by Crippen LogP contribution is 2.23. The van der Waals surface area contributed by atoms with E-state index in [-0.39, 0.29) is 15.7 Å². The lowest BCUT2D eigenvalue weighted by molar-refractivity contribution is 0.601. The summed E-state index contributed by atoms with van der Waals surface area (Å²) in [6.07, 6.45) is 1.17. The molecule has 3 N–H and O–H groups in total. The predicted octanol–water partition coefficient (Wildman–Crippen LogP) is 2.18. The summed E-state index contributed by atoms with van der Waals surface area (Å²) < 4.78 is 27.0. The Labute approximate surface area is 128 Å². The van der Waals surface area contributed by atoms with Crippen LogP contribution >= 0.6 is 11.6 Å². The third-order valence-corrected chi connectivity index (χ3v) is 4.42. The average Bonchev–Trinajstić information content (AvgIpc) is 2.41. The maximum atomic E-state index is 12.3. The fourth-order valence-electron chi connectivity index (χ4n) is 1.64. The second-order valence-corrected chi connectivity index (χ2v) is 6.68. The van der Waals surface area contributed by atoms with Gasteiger partial charge < -0.3 is 10.6 Å². The minimum atomic E-state index is -3.77. The Morgan fingerprint density at radius 2 is 2.00 bits per heavy atom. The van der Waals surface area contributed by atoms with Crippen LogP contribution in [0.15, 0.2) is 41.4 Å². The molecule has 21 heavy (non-hydrogen) atoms. The molecule has 8 heteroatoms. The number of nitrogen functional groups attached to an aromatic ring is 1. The van der Waals surface area contributed by atoms with Gasteiger partial charge in [-0.3, -0.25) is 4.72 Å². The molecule has 0 aliphatic heterocycles. The molecular weight excluding hydrogens is 312 g/mol. The molecule has 0 fully saturated rings. The van der Waals surface area contributed by atoms with E-state index in [0.717, 1.165) is 5.69 Å². The number of anilines is 3. The Kier molecular flexibility index (Phi) is 4.24. The van der Waals surface area contributed by atoms with Gasteiger partial charge in [-0.2, -0.15) is 0 Å². The Hall–Kier alpha value is -1.99. The molecule has 6 nitrogen and oxygen atoms in total. The van der Waals surface area contributed by atoms with Crippen LogP contribution in [0.3, 0.4) is 0 Å². The molecule has 0 saturated heterocycles. The van der Waals surface area contributed by atoms with Gasteiger partial charge in [0.15, 0.2) is 0 Å². The molecular formula is C13H15ClN4O2S. The van der Waals surface area contributed by atoms with Crippen molar-refractivity contribution in [3.8, 4) is 0 Å². The number of benzene rings is 1. The highest BCUT2D eigenvalue weighted by molar-refractivity contribution is 7.92. The Morgan fingerprint density at radius 1 is 1.29 bits per heavy atom. The summed E-state index contributed by atoms with van der Waals surface area (Å²) in [6.45, 7) is 0. The molecule has 1 aromatic heterocycles. The van der Waals surface area contributed by atoms with Crippen LogP contribution in [0.1, 0.15) is 0 Å². The van der Waals surface area contributed by atoms with Gasteiger partial charge in [0.2, 0.25) is 0 Å². The molecule has 2 aromatic rings. The van der Waals surface area contributed by atoms with E-state index in [2.05, 4.69) is 9.71 Å². The summed E-state index contributed by atoms with van der Waals surface area (Å²) in [6, 6.07) is 8.30. The Bertz CT molecular complexity index is 763. The molecule has 0 bridgehead atoms. The summed E-state index contributed by atoms with van der Waals surface area (Å²) in [4.78, 5) is 5.58. The van der Waals surface area contributed by atoms with Crippen molar-refractivity contribution >= 4 is 38.8 Å². The average molecular weight is 327 g/mol. The molecule has 0 aliphatic carbocycles. The fraction of sp³-hybridized carbons (Fsp3) is 0.154. The van der Waals surface area contributed by atoms with E-state index in [1.54, 1.807) is 18.2 Å². The number of nitrogens with two attached hydrogens (primary N) is 1. The molecule has 0 spiro atoms. The molecule has 0 amide bonds. The lowest BCUT2D eigenvalue weighted by atomic mass is 10.3. The van der Waals surface area contributed by atoms with Crippen LogP contribution in [0, 0.1) is 0 Å². The Balaban J connectivity index is 2.33. The van der Waals surface area contributed by atoms with Gasteiger partial charge in [0.05, 0.1) is 10.7 Å². The maximum absolute atomic E-state index is 12.3. The van der Waals surface area contributed by atoms with Crippen LogP contribution in [0.5, 0.6) is 0 Å². The van der Waals surface area contributed by atoms with Crippen LogP contribution in [-0.2, 0) is 10.0 Å². The number of hydrogen-bond acceptors (Lipinski definition) is 5. The topological polar surface area (TPSA) is 88.3 Å². The smallest absolute Gasteiger partial charge is 0.263 e. The molecule has 0 radical (unpaired) electrons. The molecule has 1 heterocycles. The van der Waals surface area contributed by atoms with Gasteiger partial charge in [-0.25, -0.2) is 13.4 Å². The van der Waals surface area contributed by atoms with Crippen LogP contribution in [0.4, 0.5) is 17.2 Å². The van der Waals surface area contributed by atoms with Gasteiger partial charge >= 0.3 is 0 Å². The molecule has 0 aliphatic rings. The number of aromatic nitrogens is 1. The van der Waals surface area contributed by atoms with Crippen LogP contribution in [0.2, 0.25) is 5.02 Å². The number of hydrogen-bond donors (Lipinski definition) is 2. The predicted molar refractivity (Wildman–Crippen MR) is 85.2 cm³/mol. The Morgan fingerprint density at radius 3 is 2.62 bits per heavy atom. The van der Waals surface area contributed by atoms with Gasteiger partial charge in [0.25, 0.3) is 10.0 Å². The minimum absolute atomic E-state index is 0.0445. The SMILES string of the molecule is CN(C)c1cccc(NS(=O)(=O)c2cnc(N)c(Cl)c2)c1. The molecule has 0 atom stereocenters. The van der Waals surface area contributed by atoms with Gasteiger partial charge in [0.1, 0.15) is 10.7 Å². The number of nitrogens with one attached hydrogen (secondary N) is 1.